The summed E-state index contributed by atoms with van der Waals surface area (Å²) in [5, 5.41) is 11.5. The maximum absolute atomic E-state index is 9.77. The van der Waals surface area contributed by atoms with Gasteiger partial charge >= 0.3 is 0 Å². The van der Waals surface area contributed by atoms with Crippen molar-refractivity contribution in [3.63, 3.8) is 0 Å². The Balaban J connectivity index is 2.35. The molecular weight excluding hydrogens is 220 g/mol. The van der Waals surface area contributed by atoms with Crippen LogP contribution >= 0.6 is 0 Å². The van der Waals surface area contributed by atoms with Gasteiger partial charge in [-0.15, -0.1) is 0 Å². The van der Waals surface area contributed by atoms with Gasteiger partial charge in [0.1, 0.15) is 12.0 Å². The van der Waals surface area contributed by atoms with Crippen LogP contribution in [0.25, 0.3) is 5.53 Å². The molecule has 0 amide bonds. The maximum atomic E-state index is 9.77. The lowest BCUT2D eigenvalue weighted by Gasteiger charge is -2.43. The molecule has 2 N–H and O–H groups in total. The Bertz CT molecular complexity index is 388. The monoisotopic (exact) mass is 238 g/mol. The SMILES string of the molecule is CN(C)C(N(C)C)N1[N-][NH+](O)c2ncccc21. The summed E-state index contributed by atoms with van der Waals surface area (Å²) in [5.74, 6) is 0.529. The van der Waals surface area contributed by atoms with Crippen molar-refractivity contribution in [2.75, 3.05) is 33.2 Å². The second kappa shape index (κ2) is 4.55. The zero-order chi connectivity index (χ0) is 12.6. The first-order valence-electron chi connectivity index (χ1n) is 5.37. The Morgan fingerprint density at radius 2 is 2.00 bits per heavy atom. The van der Waals surface area contributed by atoms with Crippen molar-refractivity contribution in [1.29, 1.82) is 0 Å². The molecule has 7 heteroatoms. The third kappa shape index (κ3) is 2.11. The molecule has 0 radical (unpaired) electrons. The lowest BCUT2D eigenvalue weighted by Crippen LogP contribution is -2.99. The molecule has 1 aliphatic rings. The average molecular weight is 238 g/mol. The standard InChI is InChI=1S/C10H18N6O/c1-13(2)10(14(3)4)15-8-6-5-7-11-9(8)16(17)12-15/h5-7,10,16-17H,1-4H3. The predicted octanol–water partition coefficient (Wildman–Crippen LogP) is -0.582. The summed E-state index contributed by atoms with van der Waals surface area (Å²) < 4.78 is 0. The molecule has 1 unspecified atom stereocenters. The van der Waals surface area contributed by atoms with Crippen LogP contribution < -0.4 is 10.2 Å². The zero-order valence-corrected chi connectivity index (χ0v) is 10.5. The van der Waals surface area contributed by atoms with E-state index in [1.807, 2.05) is 50.1 Å². The van der Waals surface area contributed by atoms with E-state index in [0.29, 0.717) is 5.82 Å². The van der Waals surface area contributed by atoms with Crippen LogP contribution in [-0.4, -0.2) is 54.5 Å². The second-order valence-corrected chi connectivity index (χ2v) is 4.41. The van der Waals surface area contributed by atoms with Gasteiger partial charge in [-0.1, -0.05) is 0 Å². The van der Waals surface area contributed by atoms with E-state index >= 15 is 0 Å². The summed E-state index contributed by atoms with van der Waals surface area (Å²) in [7, 11) is 7.86. The number of hydrogen-bond donors (Lipinski definition) is 2. The predicted molar refractivity (Wildman–Crippen MR) is 63.6 cm³/mol. The molecule has 0 saturated heterocycles. The molecule has 0 aliphatic carbocycles. The van der Waals surface area contributed by atoms with Gasteiger partial charge in [0.15, 0.2) is 0 Å². The van der Waals surface area contributed by atoms with Gasteiger partial charge in [0, 0.05) is 6.20 Å². The molecule has 0 bridgehead atoms. The number of pyridine rings is 1. The lowest BCUT2D eigenvalue weighted by molar-refractivity contribution is -1.00. The summed E-state index contributed by atoms with van der Waals surface area (Å²) in [5.41, 5.74) is 4.98. The topological polar surface area (TPSA) is 61.4 Å². The molecule has 1 atom stereocenters. The Morgan fingerprint density at radius 3 is 2.59 bits per heavy atom. The van der Waals surface area contributed by atoms with Crippen molar-refractivity contribution in [3.8, 4) is 0 Å². The number of fused-ring (bicyclic) bond motifs is 1. The van der Waals surface area contributed by atoms with Gasteiger partial charge in [-0.05, 0) is 40.3 Å². The van der Waals surface area contributed by atoms with E-state index < -0.39 is 0 Å². The highest BCUT2D eigenvalue weighted by Crippen LogP contribution is 2.29. The van der Waals surface area contributed by atoms with Gasteiger partial charge in [0.05, 0.1) is 0 Å². The third-order valence-corrected chi connectivity index (χ3v) is 2.59. The van der Waals surface area contributed by atoms with Crippen LogP contribution in [0, 0.1) is 0 Å². The van der Waals surface area contributed by atoms with Gasteiger partial charge in [-0.3, -0.25) is 9.80 Å². The van der Waals surface area contributed by atoms with E-state index in [0.717, 1.165) is 5.69 Å². The van der Waals surface area contributed by atoms with E-state index in [2.05, 4.69) is 10.5 Å². The molecule has 0 fully saturated rings. The van der Waals surface area contributed by atoms with Crippen LogP contribution in [0.2, 0.25) is 0 Å². The first-order valence-corrected chi connectivity index (χ1v) is 5.37. The second-order valence-electron chi connectivity index (χ2n) is 4.41. The fourth-order valence-electron chi connectivity index (χ4n) is 2.03. The van der Waals surface area contributed by atoms with E-state index in [1.165, 1.54) is 0 Å². The minimum atomic E-state index is -0.0670. The highest BCUT2D eigenvalue weighted by Gasteiger charge is 2.29. The maximum Gasteiger partial charge on any atom is 0.272 e. The van der Waals surface area contributed by atoms with Crippen LogP contribution in [0.5, 0.6) is 0 Å². The Morgan fingerprint density at radius 1 is 1.35 bits per heavy atom. The Kier molecular flexibility index (Phi) is 3.27. The largest absolute Gasteiger partial charge is 0.389 e. The molecule has 0 aromatic carbocycles. The fraction of sp³-hybridized carbons (Fsp3) is 0.500. The van der Waals surface area contributed by atoms with E-state index in [9.17, 15) is 5.21 Å². The summed E-state index contributed by atoms with van der Waals surface area (Å²) in [4.78, 5) is 8.16. The fourth-order valence-corrected chi connectivity index (χ4v) is 2.03. The average Bonchev–Trinajstić information content (AvgIpc) is 2.56. The van der Waals surface area contributed by atoms with E-state index in [1.54, 1.807) is 11.2 Å². The third-order valence-electron chi connectivity index (χ3n) is 2.59. The minimum Gasteiger partial charge on any atom is -0.389 e. The molecule has 0 spiro atoms. The first-order chi connectivity index (χ1) is 8.02. The van der Waals surface area contributed by atoms with Crippen LogP contribution in [0.1, 0.15) is 0 Å². The molecule has 94 valence electrons. The smallest absolute Gasteiger partial charge is 0.272 e. The summed E-state index contributed by atoms with van der Waals surface area (Å²) in [6.45, 7) is 0. The molecule has 7 nitrogen and oxygen atoms in total. The number of nitrogens with one attached hydrogen (secondary N) is 1. The van der Waals surface area contributed by atoms with Gasteiger partial charge in [0.2, 0.25) is 0 Å². The van der Waals surface area contributed by atoms with Crippen molar-refractivity contribution in [2.24, 2.45) is 0 Å². The summed E-state index contributed by atoms with van der Waals surface area (Å²) in [6.07, 6.45) is 1.58. The highest BCUT2D eigenvalue weighted by molar-refractivity contribution is 5.63. The first kappa shape index (κ1) is 12.2. The van der Waals surface area contributed by atoms with Crippen LogP contribution in [0.3, 0.4) is 0 Å². The number of nitrogens with zero attached hydrogens (tertiary/aromatic N) is 5. The molecule has 17 heavy (non-hydrogen) atoms. The summed E-state index contributed by atoms with van der Waals surface area (Å²) >= 11 is 0. The van der Waals surface area contributed by atoms with E-state index in [4.69, 9.17) is 0 Å². The van der Waals surface area contributed by atoms with Crippen molar-refractivity contribution < 1.29 is 10.4 Å². The molecule has 1 aromatic rings. The van der Waals surface area contributed by atoms with Gasteiger partial charge in [-0.2, -0.15) is 5.17 Å². The number of aromatic nitrogens is 1. The van der Waals surface area contributed by atoms with Crippen LogP contribution in [0.15, 0.2) is 18.3 Å². The minimum absolute atomic E-state index is 0.0331. The van der Waals surface area contributed by atoms with Crippen molar-refractivity contribution in [2.45, 2.75) is 6.29 Å². The van der Waals surface area contributed by atoms with Crippen LogP contribution in [0.4, 0.5) is 11.5 Å². The molecule has 2 heterocycles. The van der Waals surface area contributed by atoms with Crippen molar-refractivity contribution >= 4 is 11.5 Å². The van der Waals surface area contributed by atoms with Gasteiger partial charge in [-0.25, -0.2) is 10.2 Å². The molecule has 1 aromatic heterocycles. The quantitative estimate of drug-likeness (QED) is 0.690. The van der Waals surface area contributed by atoms with Crippen LogP contribution in [-0.2, 0) is 0 Å². The zero-order valence-electron chi connectivity index (χ0n) is 10.5. The van der Waals surface area contributed by atoms with Crippen molar-refractivity contribution in [1.82, 2.24) is 14.8 Å². The number of quaternary nitrogens is 1. The molecular formula is C10H18N6O. The Hall–Kier alpha value is -1.25. The molecule has 0 saturated carbocycles. The molecule has 2 rings (SSSR count). The van der Waals surface area contributed by atoms with Crippen molar-refractivity contribution in [3.05, 3.63) is 23.9 Å². The normalized spacial score (nSPS) is 19.5. The van der Waals surface area contributed by atoms with Gasteiger partial charge in [0.25, 0.3) is 5.82 Å². The van der Waals surface area contributed by atoms with Gasteiger partial charge < -0.3 is 10.5 Å². The number of anilines is 1. The van der Waals surface area contributed by atoms with E-state index in [-0.39, 0.29) is 11.5 Å². The summed E-state index contributed by atoms with van der Waals surface area (Å²) in [6, 6.07) is 3.73. The highest BCUT2D eigenvalue weighted by atomic mass is 16.6. The number of rotatable bonds is 3. The number of hydrogen-bond acceptors (Lipinski definition) is 5. The molecule has 1 aliphatic heterocycles. The lowest BCUT2D eigenvalue weighted by atomic mass is 10.3. The Labute approximate surface area is 101 Å².